The van der Waals surface area contributed by atoms with Gasteiger partial charge in [-0.2, -0.15) is 10.3 Å². The van der Waals surface area contributed by atoms with Crippen molar-refractivity contribution < 1.29 is 0 Å². The van der Waals surface area contributed by atoms with E-state index in [4.69, 9.17) is 5.26 Å². The minimum atomic E-state index is 0.735. The van der Waals surface area contributed by atoms with Crippen molar-refractivity contribution in [2.75, 3.05) is 0 Å². The Balaban J connectivity index is 3.05. The van der Waals surface area contributed by atoms with Crippen LogP contribution in [0.3, 0.4) is 0 Å². The first-order chi connectivity index (χ1) is 5.74. The fourth-order valence-corrected chi connectivity index (χ4v) is 1.25. The molecule has 0 radical (unpaired) electrons. The topological polar surface area (TPSA) is 36.1 Å². The molecule has 0 aliphatic rings. The van der Waals surface area contributed by atoms with Gasteiger partial charge in [0.2, 0.25) is 6.19 Å². The summed E-state index contributed by atoms with van der Waals surface area (Å²) in [6.45, 7) is 1.81. The fraction of sp³-hybridized carbons (Fsp3) is 0.111. The standard InChI is InChI=1S/C9H7BrN2/c1-7(12-6-11)8-3-2-4-9(10)5-8/h2-5H,1H3. The van der Waals surface area contributed by atoms with Crippen molar-refractivity contribution in [2.24, 2.45) is 4.99 Å². The molecule has 2 nitrogen and oxygen atoms in total. The molecule has 0 atom stereocenters. The molecule has 0 unspecified atom stereocenters. The normalized spacial score (nSPS) is 10.9. The Morgan fingerprint density at radius 2 is 2.33 bits per heavy atom. The van der Waals surface area contributed by atoms with Crippen molar-refractivity contribution in [2.45, 2.75) is 6.92 Å². The van der Waals surface area contributed by atoms with Crippen LogP contribution in [0.5, 0.6) is 0 Å². The highest BCUT2D eigenvalue weighted by Crippen LogP contribution is 2.12. The predicted molar refractivity (Wildman–Crippen MR) is 52.0 cm³/mol. The summed E-state index contributed by atoms with van der Waals surface area (Å²) in [4.78, 5) is 3.64. The number of hydrogen-bond donors (Lipinski definition) is 0. The molecule has 12 heavy (non-hydrogen) atoms. The number of aliphatic imine (C=N–C) groups is 1. The number of halogens is 1. The molecule has 0 spiro atoms. The number of rotatable bonds is 1. The summed E-state index contributed by atoms with van der Waals surface area (Å²) in [6, 6.07) is 7.69. The maximum Gasteiger partial charge on any atom is 0.205 e. The van der Waals surface area contributed by atoms with Crippen LogP contribution in [-0.2, 0) is 0 Å². The van der Waals surface area contributed by atoms with Gasteiger partial charge < -0.3 is 0 Å². The van der Waals surface area contributed by atoms with Crippen molar-refractivity contribution >= 4 is 21.6 Å². The van der Waals surface area contributed by atoms with E-state index in [1.165, 1.54) is 0 Å². The Labute approximate surface area is 79.7 Å². The molecule has 0 aromatic heterocycles. The lowest BCUT2D eigenvalue weighted by atomic mass is 10.1. The molecule has 0 heterocycles. The van der Waals surface area contributed by atoms with E-state index in [1.807, 2.05) is 31.2 Å². The number of benzene rings is 1. The minimum absolute atomic E-state index is 0.735. The molecule has 0 bridgehead atoms. The number of nitrogens with zero attached hydrogens (tertiary/aromatic N) is 2. The van der Waals surface area contributed by atoms with Gasteiger partial charge in [0, 0.05) is 4.47 Å². The second-order valence-corrected chi connectivity index (χ2v) is 3.22. The Morgan fingerprint density at radius 3 is 2.92 bits per heavy atom. The summed E-state index contributed by atoms with van der Waals surface area (Å²) >= 11 is 3.34. The minimum Gasteiger partial charge on any atom is -0.178 e. The molecule has 0 amide bonds. The lowest BCUT2D eigenvalue weighted by Crippen LogP contribution is -1.92. The lowest BCUT2D eigenvalue weighted by Gasteiger charge is -1.97. The van der Waals surface area contributed by atoms with Gasteiger partial charge in [0.15, 0.2) is 0 Å². The van der Waals surface area contributed by atoms with Crippen molar-refractivity contribution in [3.05, 3.63) is 34.3 Å². The molecule has 3 heteroatoms. The van der Waals surface area contributed by atoms with Crippen LogP contribution in [0.15, 0.2) is 33.7 Å². The molecular weight excluding hydrogens is 216 g/mol. The van der Waals surface area contributed by atoms with Gasteiger partial charge in [0.05, 0.1) is 5.71 Å². The molecule has 0 aliphatic carbocycles. The summed E-state index contributed by atoms with van der Waals surface area (Å²) < 4.78 is 0.993. The first kappa shape index (κ1) is 8.95. The average molecular weight is 223 g/mol. The van der Waals surface area contributed by atoms with Gasteiger partial charge in [-0.1, -0.05) is 28.1 Å². The zero-order valence-electron chi connectivity index (χ0n) is 6.58. The van der Waals surface area contributed by atoms with E-state index in [9.17, 15) is 0 Å². The van der Waals surface area contributed by atoms with Crippen LogP contribution < -0.4 is 0 Å². The van der Waals surface area contributed by atoms with Crippen LogP contribution in [0.2, 0.25) is 0 Å². The van der Waals surface area contributed by atoms with Crippen molar-refractivity contribution in [1.29, 1.82) is 5.26 Å². The summed E-state index contributed by atoms with van der Waals surface area (Å²) in [6.07, 6.45) is 1.76. The zero-order chi connectivity index (χ0) is 8.97. The molecule has 0 N–H and O–H groups in total. The largest absolute Gasteiger partial charge is 0.205 e. The second kappa shape index (κ2) is 4.03. The van der Waals surface area contributed by atoms with Gasteiger partial charge in [-0.15, -0.1) is 0 Å². The number of hydrogen-bond acceptors (Lipinski definition) is 2. The van der Waals surface area contributed by atoms with Crippen LogP contribution in [0.25, 0.3) is 0 Å². The van der Waals surface area contributed by atoms with Gasteiger partial charge in [0.1, 0.15) is 0 Å². The average Bonchev–Trinajstić information content (AvgIpc) is 2.05. The zero-order valence-corrected chi connectivity index (χ0v) is 8.17. The lowest BCUT2D eigenvalue weighted by molar-refractivity contribution is 1.42. The quantitative estimate of drug-likeness (QED) is 0.532. The first-order valence-corrected chi connectivity index (χ1v) is 4.22. The molecule has 0 fully saturated rings. The van der Waals surface area contributed by atoms with Crippen LogP contribution in [0.1, 0.15) is 12.5 Å². The van der Waals surface area contributed by atoms with Gasteiger partial charge in [-0.3, -0.25) is 0 Å². The summed E-state index contributed by atoms with van der Waals surface area (Å²) in [5.74, 6) is 0. The fourth-order valence-electron chi connectivity index (χ4n) is 0.853. The molecule has 0 aliphatic heterocycles. The molecular formula is C9H7BrN2. The molecule has 1 aromatic carbocycles. The van der Waals surface area contributed by atoms with Gasteiger partial charge >= 0.3 is 0 Å². The third-order valence-corrected chi connectivity index (χ3v) is 1.95. The van der Waals surface area contributed by atoms with E-state index in [2.05, 4.69) is 20.9 Å². The molecule has 1 aromatic rings. The van der Waals surface area contributed by atoms with E-state index in [1.54, 1.807) is 6.19 Å². The van der Waals surface area contributed by atoms with Gasteiger partial charge in [0.25, 0.3) is 0 Å². The molecule has 1 rings (SSSR count). The van der Waals surface area contributed by atoms with Crippen LogP contribution >= 0.6 is 15.9 Å². The summed E-state index contributed by atoms with van der Waals surface area (Å²) in [5.41, 5.74) is 1.70. The predicted octanol–water partition coefficient (Wildman–Crippen LogP) is 2.74. The second-order valence-electron chi connectivity index (χ2n) is 2.31. The van der Waals surface area contributed by atoms with Crippen LogP contribution in [-0.4, -0.2) is 5.71 Å². The van der Waals surface area contributed by atoms with E-state index in [0.29, 0.717) is 0 Å². The highest BCUT2D eigenvalue weighted by molar-refractivity contribution is 9.10. The summed E-state index contributed by atoms with van der Waals surface area (Å²) in [7, 11) is 0. The molecule has 0 saturated heterocycles. The molecule has 0 saturated carbocycles. The van der Waals surface area contributed by atoms with Crippen molar-refractivity contribution in [3.8, 4) is 6.19 Å². The van der Waals surface area contributed by atoms with Crippen molar-refractivity contribution in [1.82, 2.24) is 0 Å². The highest BCUT2D eigenvalue weighted by atomic mass is 79.9. The Morgan fingerprint density at radius 1 is 1.58 bits per heavy atom. The Kier molecular flexibility index (Phi) is 3.01. The monoisotopic (exact) mass is 222 g/mol. The third-order valence-electron chi connectivity index (χ3n) is 1.46. The van der Waals surface area contributed by atoms with Crippen LogP contribution in [0, 0.1) is 11.5 Å². The SMILES string of the molecule is CC(=NC#N)c1cccc(Br)c1. The Bertz CT molecular complexity index is 350. The van der Waals surface area contributed by atoms with Gasteiger partial charge in [-0.05, 0) is 24.6 Å². The van der Waals surface area contributed by atoms with Crippen LogP contribution in [0.4, 0.5) is 0 Å². The maximum atomic E-state index is 8.32. The first-order valence-electron chi connectivity index (χ1n) is 3.43. The molecule has 60 valence electrons. The van der Waals surface area contributed by atoms with Gasteiger partial charge in [-0.25, -0.2) is 0 Å². The van der Waals surface area contributed by atoms with E-state index >= 15 is 0 Å². The van der Waals surface area contributed by atoms with E-state index in [-0.39, 0.29) is 0 Å². The summed E-state index contributed by atoms with van der Waals surface area (Å²) in [5, 5.41) is 8.32. The third kappa shape index (κ3) is 2.18. The van der Waals surface area contributed by atoms with Crippen molar-refractivity contribution in [3.63, 3.8) is 0 Å². The van der Waals surface area contributed by atoms with E-state index < -0.39 is 0 Å². The number of nitriles is 1. The van der Waals surface area contributed by atoms with E-state index in [0.717, 1.165) is 15.7 Å². The highest BCUT2D eigenvalue weighted by Gasteiger charge is 1.96. The maximum absolute atomic E-state index is 8.32. The smallest absolute Gasteiger partial charge is 0.178 e. The Hall–Kier alpha value is -1.14.